The van der Waals surface area contributed by atoms with Gasteiger partial charge in [-0.2, -0.15) is 0 Å². The van der Waals surface area contributed by atoms with E-state index in [9.17, 15) is 22.0 Å². The molecule has 0 saturated carbocycles. The fourth-order valence-electron chi connectivity index (χ4n) is 2.84. The zero-order valence-electron chi connectivity index (χ0n) is 16.6. The molecule has 0 radical (unpaired) electrons. The predicted molar refractivity (Wildman–Crippen MR) is 112 cm³/mol. The quantitative estimate of drug-likeness (QED) is 0.197. The molecule has 0 aliphatic carbocycles. The van der Waals surface area contributed by atoms with Crippen LogP contribution in [0.3, 0.4) is 0 Å². The van der Waals surface area contributed by atoms with Crippen LogP contribution < -0.4 is 5.73 Å². The minimum absolute atomic E-state index is 0.132. The predicted octanol–water partition coefficient (Wildman–Crippen LogP) is 6.33. The molecule has 0 saturated heterocycles. The Kier molecular flexibility index (Phi) is 7.02. The lowest BCUT2D eigenvalue weighted by atomic mass is 10.1. The summed E-state index contributed by atoms with van der Waals surface area (Å²) in [6, 6.07) is 12.3. The van der Waals surface area contributed by atoms with Crippen molar-refractivity contribution in [2.45, 2.75) is 24.9 Å². The van der Waals surface area contributed by atoms with Gasteiger partial charge >= 0.3 is 0 Å². The molecule has 0 aliphatic heterocycles. The molecule has 3 aromatic carbocycles. The van der Waals surface area contributed by atoms with Crippen LogP contribution in [-0.4, -0.2) is 4.31 Å². The van der Waals surface area contributed by atoms with E-state index in [2.05, 4.69) is 6.58 Å². The first-order chi connectivity index (χ1) is 14.7. The number of benzene rings is 3. The van der Waals surface area contributed by atoms with Gasteiger partial charge in [0.2, 0.25) is 0 Å². The lowest BCUT2D eigenvalue weighted by molar-refractivity contribution is 0.396. The molecular formula is C23H19F5N2S. The van der Waals surface area contributed by atoms with Crippen molar-refractivity contribution in [3.05, 3.63) is 106 Å². The Bertz CT molecular complexity index is 1120. The van der Waals surface area contributed by atoms with Crippen LogP contribution in [0.2, 0.25) is 0 Å². The first-order valence-electron chi connectivity index (χ1n) is 9.20. The van der Waals surface area contributed by atoms with Crippen LogP contribution in [0.4, 0.5) is 22.0 Å². The fraction of sp³-hybridized carbons (Fsp3) is 0.130. The lowest BCUT2D eigenvalue weighted by Crippen LogP contribution is -2.16. The van der Waals surface area contributed by atoms with Crippen molar-refractivity contribution < 1.29 is 22.0 Å². The summed E-state index contributed by atoms with van der Waals surface area (Å²) in [4.78, 5) is -0.420. The van der Waals surface area contributed by atoms with Gasteiger partial charge < -0.3 is 5.73 Å². The largest absolute Gasteiger partial charge is 0.399 e. The van der Waals surface area contributed by atoms with Gasteiger partial charge in [0.25, 0.3) is 0 Å². The van der Waals surface area contributed by atoms with Gasteiger partial charge in [0.1, 0.15) is 5.82 Å². The maximum absolute atomic E-state index is 14.2. The number of nitrogens with zero attached hydrogens (tertiary/aromatic N) is 1. The molecule has 2 nitrogen and oxygen atoms in total. The maximum atomic E-state index is 14.2. The highest BCUT2D eigenvalue weighted by Crippen LogP contribution is 2.32. The Morgan fingerprint density at radius 3 is 2.06 bits per heavy atom. The average molecular weight is 450 g/mol. The van der Waals surface area contributed by atoms with Gasteiger partial charge in [-0.1, -0.05) is 43.0 Å². The van der Waals surface area contributed by atoms with Crippen LogP contribution in [0, 0.1) is 36.0 Å². The topological polar surface area (TPSA) is 29.3 Å². The number of hydrogen-bond acceptors (Lipinski definition) is 3. The number of nitrogens with two attached hydrogens (primary N) is 1. The second-order valence-corrected chi connectivity index (χ2v) is 8.13. The fourth-order valence-corrected chi connectivity index (χ4v) is 3.87. The van der Waals surface area contributed by atoms with Gasteiger partial charge in [-0.25, -0.2) is 26.3 Å². The molecule has 3 rings (SSSR count). The summed E-state index contributed by atoms with van der Waals surface area (Å²) >= 11 is 0.710. The molecule has 0 aliphatic rings. The summed E-state index contributed by atoms with van der Waals surface area (Å²) in [5, 5.41) is 0. The summed E-state index contributed by atoms with van der Waals surface area (Å²) in [5.74, 6) is -7.13. The highest BCUT2D eigenvalue weighted by atomic mass is 32.2. The van der Waals surface area contributed by atoms with Crippen LogP contribution in [0.25, 0.3) is 5.70 Å². The molecule has 162 valence electrons. The van der Waals surface area contributed by atoms with Gasteiger partial charge in [0.05, 0.1) is 4.90 Å². The van der Waals surface area contributed by atoms with Crippen LogP contribution in [-0.2, 0) is 13.1 Å². The summed E-state index contributed by atoms with van der Waals surface area (Å²) in [5.41, 5.74) is 8.62. The van der Waals surface area contributed by atoms with E-state index in [4.69, 9.17) is 5.73 Å². The van der Waals surface area contributed by atoms with E-state index in [1.54, 1.807) is 47.6 Å². The normalized spacial score (nSPS) is 11.2. The Morgan fingerprint density at radius 1 is 0.839 bits per heavy atom. The van der Waals surface area contributed by atoms with Crippen LogP contribution in [0.5, 0.6) is 0 Å². The van der Waals surface area contributed by atoms with Gasteiger partial charge in [0.15, 0.2) is 23.3 Å². The van der Waals surface area contributed by atoms with Gasteiger partial charge in [-0.05, 0) is 53.3 Å². The molecule has 0 unspecified atom stereocenters. The van der Waals surface area contributed by atoms with E-state index >= 15 is 0 Å². The maximum Gasteiger partial charge on any atom is 0.198 e. The van der Waals surface area contributed by atoms with Crippen molar-refractivity contribution in [1.82, 2.24) is 4.31 Å². The number of halogens is 5. The highest BCUT2D eigenvalue weighted by molar-refractivity contribution is 7.97. The van der Waals surface area contributed by atoms with Crippen LogP contribution in [0.1, 0.15) is 22.3 Å². The van der Waals surface area contributed by atoms with Crippen molar-refractivity contribution in [1.29, 1.82) is 0 Å². The summed E-state index contributed by atoms with van der Waals surface area (Å²) in [6.45, 7) is 5.64. The highest BCUT2D eigenvalue weighted by Gasteiger charge is 2.22. The zero-order valence-corrected chi connectivity index (χ0v) is 17.4. The van der Waals surface area contributed by atoms with E-state index in [-0.39, 0.29) is 13.1 Å². The SMILES string of the molecule is C=C(N)c1ccc(CN(Cc2ccc(C)c(F)c2)Sc2cc(F)c(F)c(F)c2F)cc1. The van der Waals surface area contributed by atoms with Crippen molar-refractivity contribution >= 4 is 17.6 Å². The average Bonchev–Trinajstić information content (AvgIpc) is 2.73. The zero-order chi connectivity index (χ0) is 22.7. The first-order valence-corrected chi connectivity index (χ1v) is 9.97. The Hall–Kier alpha value is -2.84. The summed E-state index contributed by atoms with van der Waals surface area (Å²) in [7, 11) is 0. The monoisotopic (exact) mass is 450 g/mol. The number of hydrogen-bond donors (Lipinski definition) is 1. The molecule has 0 heterocycles. The van der Waals surface area contributed by atoms with Crippen molar-refractivity contribution in [3.8, 4) is 0 Å². The van der Waals surface area contributed by atoms with E-state index < -0.39 is 34.0 Å². The molecule has 31 heavy (non-hydrogen) atoms. The molecule has 0 aromatic heterocycles. The molecule has 0 atom stereocenters. The van der Waals surface area contributed by atoms with Crippen LogP contribution in [0.15, 0.2) is 60.0 Å². The minimum atomic E-state index is -1.88. The van der Waals surface area contributed by atoms with Gasteiger partial charge in [-0.15, -0.1) is 0 Å². The molecule has 2 N–H and O–H groups in total. The molecular weight excluding hydrogens is 431 g/mol. The Labute approximate surface area is 181 Å². The van der Waals surface area contributed by atoms with E-state index in [0.717, 1.165) is 11.1 Å². The second kappa shape index (κ2) is 9.53. The molecule has 0 fully saturated rings. The third kappa shape index (κ3) is 5.45. The molecule has 0 amide bonds. The van der Waals surface area contributed by atoms with Crippen LogP contribution >= 0.6 is 11.9 Å². The van der Waals surface area contributed by atoms with E-state index in [1.165, 1.54) is 6.07 Å². The van der Waals surface area contributed by atoms with Gasteiger partial charge in [0, 0.05) is 18.8 Å². The van der Waals surface area contributed by atoms with Crippen molar-refractivity contribution in [3.63, 3.8) is 0 Å². The van der Waals surface area contributed by atoms with Crippen molar-refractivity contribution in [2.24, 2.45) is 5.73 Å². The number of rotatable bonds is 7. The second-order valence-electron chi connectivity index (χ2n) is 6.99. The third-order valence-corrected chi connectivity index (χ3v) is 5.59. The summed E-state index contributed by atoms with van der Waals surface area (Å²) < 4.78 is 70.4. The first kappa shape index (κ1) is 22.8. The smallest absolute Gasteiger partial charge is 0.198 e. The minimum Gasteiger partial charge on any atom is -0.399 e. The number of aryl methyl sites for hydroxylation is 1. The molecule has 8 heteroatoms. The molecule has 0 spiro atoms. The van der Waals surface area contributed by atoms with E-state index in [1.807, 2.05) is 0 Å². The Balaban J connectivity index is 1.91. The summed E-state index contributed by atoms with van der Waals surface area (Å²) in [6.07, 6.45) is 0. The molecule has 0 bridgehead atoms. The third-order valence-electron chi connectivity index (χ3n) is 4.58. The van der Waals surface area contributed by atoms with E-state index in [0.29, 0.717) is 34.8 Å². The Morgan fingerprint density at radius 2 is 1.45 bits per heavy atom. The van der Waals surface area contributed by atoms with Gasteiger partial charge in [-0.3, -0.25) is 0 Å². The molecule has 3 aromatic rings. The van der Waals surface area contributed by atoms with Crippen molar-refractivity contribution in [2.75, 3.05) is 0 Å². The lowest BCUT2D eigenvalue weighted by Gasteiger charge is -2.22. The standard InChI is InChI=1S/C23H19F5N2S/c1-13-3-4-16(9-18(13)24)12-30(11-15-5-7-17(8-6-15)14(2)29)31-20-10-19(25)21(26)23(28)22(20)27/h3-10H,2,11-12,29H2,1H3.